The predicted molar refractivity (Wildman–Crippen MR) is 103 cm³/mol. The zero-order chi connectivity index (χ0) is 20.5. The monoisotopic (exact) mass is 388 g/mol. The van der Waals surface area contributed by atoms with Crippen LogP contribution in [0.15, 0.2) is 0 Å². The molecule has 5 N–H and O–H groups in total. The fraction of sp³-hybridized carbons (Fsp3) is 0.833. The molecule has 9 nitrogen and oxygen atoms in total. The zero-order valence-corrected chi connectivity index (χ0v) is 16.8. The van der Waals surface area contributed by atoms with Crippen LogP contribution in [-0.4, -0.2) is 76.7 Å². The van der Waals surface area contributed by atoms with Gasteiger partial charge in [0.25, 0.3) is 0 Å². The Balaban J connectivity index is 4.09. The Bertz CT molecular complexity index is 434. The highest BCUT2D eigenvalue weighted by Crippen LogP contribution is 2.02. The normalized spacial score (nSPS) is 13.0. The number of carbonyl (C=O) groups is 3. The highest BCUT2D eigenvalue weighted by molar-refractivity contribution is 5.89. The molecular formula is C18H36N4O5. The molecule has 0 fully saturated rings. The zero-order valence-electron chi connectivity index (χ0n) is 16.8. The van der Waals surface area contributed by atoms with E-state index in [1.807, 2.05) is 0 Å². The van der Waals surface area contributed by atoms with Gasteiger partial charge >= 0.3 is 0 Å². The summed E-state index contributed by atoms with van der Waals surface area (Å²) in [5.41, 5.74) is 5.48. The molecule has 0 aromatic rings. The Hall–Kier alpha value is -1.55. The van der Waals surface area contributed by atoms with Crippen molar-refractivity contribution in [1.82, 2.24) is 16.0 Å². The van der Waals surface area contributed by atoms with E-state index in [-0.39, 0.29) is 30.1 Å². The van der Waals surface area contributed by atoms with Gasteiger partial charge in [0.1, 0.15) is 0 Å². The van der Waals surface area contributed by atoms with Gasteiger partial charge < -0.3 is 31.2 Å². The van der Waals surface area contributed by atoms with Crippen LogP contribution in [0.2, 0.25) is 0 Å². The van der Waals surface area contributed by atoms with Crippen molar-refractivity contribution in [2.24, 2.45) is 5.73 Å². The van der Waals surface area contributed by atoms with Crippen molar-refractivity contribution in [2.75, 3.05) is 47.1 Å². The molecule has 0 heterocycles. The molecule has 0 aliphatic heterocycles. The van der Waals surface area contributed by atoms with Gasteiger partial charge in [-0.1, -0.05) is 0 Å². The maximum Gasteiger partial charge on any atom is 0.237 e. The van der Waals surface area contributed by atoms with Crippen LogP contribution in [0.25, 0.3) is 0 Å². The minimum absolute atomic E-state index is 0.102. The number of nitrogens with two attached hydrogens (primary N) is 1. The number of methoxy groups -OCH3 is 1. The Kier molecular flexibility index (Phi) is 15.7. The molecule has 0 aromatic carbocycles. The van der Waals surface area contributed by atoms with E-state index in [1.165, 1.54) is 6.92 Å². The third-order valence-corrected chi connectivity index (χ3v) is 4.07. The molecule has 0 saturated carbocycles. The molecule has 2 unspecified atom stereocenters. The van der Waals surface area contributed by atoms with Gasteiger partial charge in [-0.3, -0.25) is 14.4 Å². The number of nitrogens with one attached hydrogen (secondary N) is 3. The van der Waals surface area contributed by atoms with Crippen LogP contribution in [0.3, 0.4) is 0 Å². The van der Waals surface area contributed by atoms with E-state index < -0.39 is 6.04 Å². The molecule has 0 aliphatic rings. The van der Waals surface area contributed by atoms with Crippen LogP contribution in [0.4, 0.5) is 0 Å². The summed E-state index contributed by atoms with van der Waals surface area (Å²) in [5, 5.41) is 8.50. The Morgan fingerprint density at radius 2 is 1.74 bits per heavy atom. The van der Waals surface area contributed by atoms with Crippen LogP contribution >= 0.6 is 0 Å². The average molecular weight is 389 g/mol. The van der Waals surface area contributed by atoms with Gasteiger partial charge in [0.05, 0.1) is 31.9 Å². The number of Topliss-reactive ketones (excluding diaryl/α,β-unsaturated/α-hetero) is 1. The molecule has 27 heavy (non-hydrogen) atoms. The van der Waals surface area contributed by atoms with Crippen molar-refractivity contribution in [3.63, 3.8) is 0 Å². The van der Waals surface area contributed by atoms with E-state index >= 15 is 0 Å². The highest BCUT2D eigenvalue weighted by atomic mass is 16.5. The molecule has 9 heteroatoms. The minimum atomic E-state index is -0.555. The van der Waals surface area contributed by atoms with E-state index in [9.17, 15) is 14.4 Å². The van der Waals surface area contributed by atoms with Crippen LogP contribution in [0, 0.1) is 0 Å². The first-order chi connectivity index (χ1) is 13.0. The maximum absolute atomic E-state index is 12.3. The van der Waals surface area contributed by atoms with Crippen molar-refractivity contribution in [2.45, 2.75) is 51.1 Å². The SMILES string of the molecule is CNC(CCCN)C(=O)NC(CCCNC(=O)CCOCCOC)C(C)=O. The minimum Gasteiger partial charge on any atom is -0.382 e. The predicted octanol–water partition coefficient (Wildman–Crippen LogP) is -0.663. The van der Waals surface area contributed by atoms with Gasteiger partial charge in [0.15, 0.2) is 5.78 Å². The molecule has 0 bridgehead atoms. The number of rotatable bonds is 17. The summed E-state index contributed by atoms with van der Waals surface area (Å²) in [6.45, 7) is 3.71. The molecule has 0 aliphatic carbocycles. The molecule has 158 valence electrons. The van der Waals surface area contributed by atoms with Crippen molar-refractivity contribution in [3.05, 3.63) is 0 Å². The Labute approximate surface area is 162 Å². The standard InChI is InChI=1S/C18H36N4O5/c1-14(23)15(22-18(25)16(20-2)6-4-9-19)7-5-10-21-17(24)8-11-27-13-12-26-3/h15-16,20H,4-13,19H2,1-3H3,(H,21,24)(H,22,25). The van der Waals surface area contributed by atoms with E-state index in [0.29, 0.717) is 52.2 Å². The molecule has 2 atom stereocenters. The maximum atomic E-state index is 12.3. The summed E-state index contributed by atoms with van der Waals surface area (Å²) >= 11 is 0. The number of amides is 2. The van der Waals surface area contributed by atoms with E-state index in [2.05, 4.69) is 16.0 Å². The second-order valence-corrected chi connectivity index (χ2v) is 6.29. The second-order valence-electron chi connectivity index (χ2n) is 6.29. The quantitative estimate of drug-likeness (QED) is 0.243. The van der Waals surface area contributed by atoms with Crippen molar-refractivity contribution < 1.29 is 23.9 Å². The van der Waals surface area contributed by atoms with Crippen molar-refractivity contribution >= 4 is 17.6 Å². The summed E-state index contributed by atoms with van der Waals surface area (Å²) in [6, 6.07) is -0.922. The molecule has 2 amide bonds. The summed E-state index contributed by atoms with van der Waals surface area (Å²) in [4.78, 5) is 35.7. The van der Waals surface area contributed by atoms with E-state index in [4.69, 9.17) is 15.2 Å². The van der Waals surface area contributed by atoms with Gasteiger partial charge in [-0.15, -0.1) is 0 Å². The number of likely N-dealkylation sites (N-methyl/N-ethyl adjacent to an activating group) is 1. The van der Waals surface area contributed by atoms with Crippen molar-refractivity contribution in [3.8, 4) is 0 Å². The lowest BCUT2D eigenvalue weighted by atomic mass is 10.1. The summed E-state index contributed by atoms with van der Waals surface area (Å²) in [5.74, 6) is -0.411. The Morgan fingerprint density at radius 3 is 2.33 bits per heavy atom. The average Bonchev–Trinajstić information content (AvgIpc) is 2.64. The van der Waals surface area contributed by atoms with Gasteiger partial charge in [-0.05, 0) is 46.2 Å². The fourth-order valence-electron chi connectivity index (χ4n) is 2.41. The first kappa shape index (κ1) is 25.4. The van der Waals surface area contributed by atoms with Gasteiger partial charge in [0, 0.05) is 20.1 Å². The molecule has 0 rings (SSSR count). The lowest BCUT2D eigenvalue weighted by Crippen LogP contribution is -2.49. The first-order valence-corrected chi connectivity index (χ1v) is 9.47. The number of carbonyl (C=O) groups excluding carboxylic acids is 3. The fourth-order valence-corrected chi connectivity index (χ4v) is 2.41. The number of ether oxygens (including phenoxy) is 2. The second kappa shape index (κ2) is 16.6. The first-order valence-electron chi connectivity index (χ1n) is 9.47. The molecular weight excluding hydrogens is 352 g/mol. The number of ketones is 1. The molecule has 0 radical (unpaired) electrons. The van der Waals surface area contributed by atoms with Crippen molar-refractivity contribution in [1.29, 1.82) is 0 Å². The summed E-state index contributed by atoms with van der Waals surface area (Å²) in [6.07, 6.45) is 2.69. The van der Waals surface area contributed by atoms with Crippen LogP contribution in [0.5, 0.6) is 0 Å². The third-order valence-electron chi connectivity index (χ3n) is 4.07. The highest BCUT2D eigenvalue weighted by Gasteiger charge is 2.22. The van der Waals surface area contributed by atoms with E-state index in [1.54, 1.807) is 14.2 Å². The topological polar surface area (TPSA) is 132 Å². The molecule has 0 saturated heterocycles. The van der Waals surface area contributed by atoms with Crippen LogP contribution in [-0.2, 0) is 23.9 Å². The van der Waals surface area contributed by atoms with Gasteiger partial charge in [-0.25, -0.2) is 0 Å². The smallest absolute Gasteiger partial charge is 0.237 e. The van der Waals surface area contributed by atoms with Gasteiger partial charge in [-0.2, -0.15) is 0 Å². The third kappa shape index (κ3) is 13.3. The summed E-state index contributed by atoms with van der Waals surface area (Å²) in [7, 11) is 3.30. The Morgan fingerprint density at radius 1 is 1.04 bits per heavy atom. The summed E-state index contributed by atoms with van der Waals surface area (Å²) < 4.78 is 10.1. The van der Waals surface area contributed by atoms with Gasteiger partial charge in [0.2, 0.25) is 11.8 Å². The molecule has 0 spiro atoms. The molecule has 0 aromatic heterocycles. The largest absolute Gasteiger partial charge is 0.382 e. The number of hydrogen-bond donors (Lipinski definition) is 4. The lowest BCUT2D eigenvalue weighted by Gasteiger charge is -2.21. The van der Waals surface area contributed by atoms with E-state index in [0.717, 1.165) is 6.42 Å². The lowest BCUT2D eigenvalue weighted by molar-refractivity contribution is -0.128. The van der Waals surface area contributed by atoms with Crippen LogP contribution in [0.1, 0.15) is 39.0 Å². The van der Waals surface area contributed by atoms with Crippen LogP contribution < -0.4 is 21.7 Å². The number of hydrogen-bond acceptors (Lipinski definition) is 7.